The maximum Gasteiger partial charge on any atom is 0.408 e. The van der Waals surface area contributed by atoms with Crippen LogP contribution in [0.5, 0.6) is 5.75 Å². The van der Waals surface area contributed by atoms with E-state index in [9.17, 15) is 14.4 Å². The number of nitrogens with one attached hydrogen (secondary N) is 1. The van der Waals surface area contributed by atoms with E-state index in [2.05, 4.69) is 17.2 Å². The van der Waals surface area contributed by atoms with Gasteiger partial charge in [-0.25, -0.2) is 14.8 Å². The number of alkyl carbamates (subject to hydrolysis) is 1. The minimum absolute atomic E-state index is 0.0290. The molecule has 4 aromatic rings. The number of pyridine rings is 1. The topological polar surface area (TPSA) is 151 Å². The van der Waals surface area contributed by atoms with Gasteiger partial charge in [0.2, 0.25) is 0 Å². The predicted molar refractivity (Wildman–Crippen MR) is 165 cm³/mol. The summed E-state index contributed by atoms with van der Waals surface area (Å²) in [6, 6.07) is 17.6. The van der Waals surface area contributed by atoms with Gasteiger partial charge in [-0.1, -0.05) is 38.0 Å². The molecule has 0 radical (unpaired) electrons. The third kappa shape index (κ3) is 8.32. The fourth-order valence-electron chi connectivity index (χ4n) is 4.49. The molecule has 2 aromatic heterocycles. The van der Waals surface area contributed by atoms with Crippen LogP contribution in [0.2, 0.25) is 0 Å². The minimum atomic E-state index is -0.714. The largest absolute Gasteiger partial charge is 0.486 e. The number of rotatable bonds is 14. The molecule has 1 unspecified atom stereocenters. The van der Waals surface area contributed by atoms with Gasteiger partial charge in [0.05, 0.1) is 31.2 Å². The Morgan fingerprint density at radius 1 is 1.07 bits per heavy atom. The number of ether oxygens (including phenoxy) is 3. The highest BCUT2D eigenvalue weighted by molar-refractivity contribution is 6.07. The number of hydrogen-bond donors (Lipinski definition) is 2. The number of methoxy groups -OCH3 is 1. The van der Waals surface area contributed by atoms with Crippen molar-refractivity contribution in [2.24, 2.45) is 12.8 Å². The molecule has 1 atom stereocenters. The number of imidazole rings is 1. The van der Waals surface area contributed by atoms with Crippen LogP contribution >= 0.6 is 0 Å². The standard InChI is InChI=1S/C32H38N6O6/c1-4-5-8-19-43-32(41)36-30(33)22-10-13-24(14-11-22)44-21-28-35-25-20-23(12-15-26(25)37(28)2)31(40)38(18-16-29(39)42-3)27-9-6-7-17-34-27/h6-7,9-15,17,20,30H,4-5,8,16,18-19,21,33H2,1-3H3,(H,36,41). The van der Waals surface area contributed by atoms with Gasteiger partial charge in [-0.15, -0.1) is 0 Å². The molecule has 0 saturated carbocycles. The van der Waals surface area contributed by atoms with Crippen LogP contribution in [0, 0.1) is 0 Å². The van der Waals surface area contributed by atoms with Crippen LogP contribution in [0.25, 0.3) is 11.0 Å². The lowest BCUT2D eigenvalue weighted by molar-refractivity contribution is -0.140. The summed E-state index contributed by atoms with van der Waals surface area (Å²) in [6.07, 6.45) is 3.22. The van der Waals surface area contributed by atoms with Gasteiger partial charge in [0.15, 0.2) is 0 Å². The Balaban J connectivity index is 1.40. The van der Waals surface area contributed by atoms with Crippen molar-refractivity contribution < 1.29 is 28.6 Å². The third-order valence-corrected chi connectivity index (χ3v) is 7.02. The maximum absolute atomic E-state index is 13.5. The van der Waals surface area contributed by atoms with Crippen molar-refractivity contribution in [1.29, 1.82) is 0 Å². The van der Waals surface area contributed by atoms with Gasteiger partial charge in [-0.3, -0.25) is 14.5 Å². The second kappa shape index (κ2) is 15.5. The Bertz CT molecular complexity index is 1560. The van der Waals surface area contributed by atoms with Crippen LogP contribution in [0.3, 0.4) is 0 Å². The van der Waals surface area contributed by atoms with Crippen LogP contribution in [-0.4, -0.2) is 52.8 Å². The Hall–Kier alpha value is -4.97. The van der Waals surface area contributed by atoms with E-state index in [1.165, 1.54) is 12.0 Å². The molecule has 0 spiro atoms. The first-order valence-corrected chi connectivity index (χ1v) is 14.5. The highest BCUT2D eigenvalue weighted by Gasteiger charge is 2.21. The summed E-state index contributed by atoms with van der Waals surface area (Å²) in [5.74, 6) is 0.959. The van der Waals surface area contributed by atoms with E-state index in [1.54, 1.807) is 60.8 Å². The molecule has 0 bridgehead atoms. The molecule has 4 rings (SSSR count). The fourth-order valence-corrected chi connectivity index (χ4v) is 4.49. The van der Waals surface area contributed by atoms with E-state index in [-0.39, 0.29) is 25.5 Å². The Kier molecular flexibility index (Phi) is 11.2. The van der Waals surface area contributed by atoms with Crippen molar-refractivity contribution in [1.82, 2.24) is 19.9 Å². The van der Waals surface area contributed by atoms with E-state index in [4.69, 9.17) is 24.9 Å². The molecule has 2 heterocycles. The molecule has 2 aromatic carbocycles. The van der Waals surface area contributed by atoms with Crippen molar-refractivity contribution in [3.63, 3.8) is 0 Å². The Labute approximate surface area is 256 Å². The number of nitrogens with zero attached hydrogens (tertiary/aromatic N) is 4. The number of unbranched alkanes of at least 4 members (excludes halogenated alkanes) is 2. The Morgan fingerprint density at radius 3 is 2.57 bits per heavy atom. The van der Waals surface area contributed by atoms with Crippen LogP contribution in [0.1, 0.15) is 60.5 Å². The summed E-state index contributed by atoms with van der Waals surface area (Å²) in [6.45, 7) is 2.74. The van der Waals surface area contributed by atoms with Crippen molar-refractivity contribution >= 4 is 34.8 Å². The van der Waals surface area contributed by atoms with Crippen molar-refractivity contribution in [3.8, 4) is 5.75 Å². The molecule has 0 aliphatic carbocycles. The molecule has 12 nitrogen and oxygen atoms in total. The first kappa shape index (κ1) is 32.0. The van der Waals surface area contributed by atoms with Crippen LogP contribution in [0.15, 0.2) is 66.9 Å². The zero-order valence-electron chi connectivity index (χ0n) is 25.2. The van der Waals surface area contributed by atoms with Crippen molar-refractivity contribution in [3.05, 3.63) is 83.8 Å². The van der Waals surface area contributed by atoms with Gasteiger partial charge in [0, 0.05) is 25.4 Å². The van der Waals surface area contributed by atoms with Gasteiger partial charge in [0.25, 0.3) is 5.91 Å². The number of benzene rings is 2. The number of hydrogen-bond acceptors (Lipinski definition) is 9. The second-order valence-corrected chi connectivity index (χ2v) is 10.1. The van der Waals surface area contributed by atoms with Crippen LogP contribution < -0.4 is 20.7 Å². The first-order chi connectivity index (χ1) is 21.3. The van der Waals surface area contributed by atoms with E-state index in [1.807, 2.05) is 17.7 Å². The van der Waals surface area contributed by atoms with Crippen molar-refractivity contribution in [2.75, 3.05) is 25.2 Å². The number of anilines is 1. The van der Waals surface area contributed by atoms with E-state index < -0.39 is 18.2 Å². The zero-order valence-corrected chi connectivity index (χ0v) is 25.2. The van der Waals surface area contributed by atoms with Gasteiger partial charge < -0.3 is 29.8 Å². The van der Waals surface area contributed by atoms with E-state index in [0.29, 0.717) is 40.6 Å². The number of carbonyl (C=O) groups excluding carboxylic acids is 3. The third-order valence-electron chi connectivity index (χ3n) is 7.02. The molecular weight excluding hydrogens is 564 g/mol. The normalized spacial score (nSPS) is 11.5. The number of esters is 1. The zero-order chi connectivity index (χ0) is 31.5. The second-order valence-electron chi connectivity index (χ2n) is 10.1. The number of aromatic nitrogens is 3. The smallest absolute Gasteiger partial charge is 0.408 e. The van der Waals surface area contributed by atoms with E-state index in [0.717, 1.165) is 24.8 Å². The molecule has 0 fully saturated rings. The first-order valence-electron chi connectivity index (χ1n) is 14.5. The van der Waals surface area contributed by atoms with Gasteiger partial charge in [-0.2, -0.15) is 0 Å². The maximum atomic E-state index is 13.5. The summed E-state index contributed by atoms with van der Waals surface area (Å²) in [4.78, 5) is 47.7. The van der Waals surface area contributed by atoms with Gasteiger partial charge in [0.1, 0.15) is 30.2 Å². The summed E-state index contributed by atoms with van der Waals surface area (Å²) in [5.41, 5.74) is 8.67. The monoisotopic (exact) mass is 602 g/mol. The number of amides is 2. The molecular formula is C32H38N6O6. The fraction of sp³-hybridized carbons (Fsp3) is 0.344. The van der Waals surface area contributed by atoms with Crippen molar-refractivity contribution in [2.45, 2.75) is 45.4 Å². The quantitative estimate of drug-likeness (QED) is 0.120. The number of carbonyl (C=O) groups is 3. The van der Waals surface area contributed by atoms with Gasteiger partial charge >= 0.3 is 12.1 Å². The lowest BCUT2D eigenvalue weighted by atomic mass is 10.1. The SMILES string of the molecule is CCCCCOC(=O)NC(N)c1ccc(OCc2nc3cc(C(=O)N(CCC(=O)OC)c4ccccn4)ccc3n2C)cc1. The average molecular weight is 603 g/mol. The number of nitrogens with two attached hydrogens (primary N) is 1. The summed E-state index contributed by atoms with van der Waals surface area (Å²) in [7, 11) is 3.19. The summed E-state index contributed by atoms with van der Waals surface area (Å²) >= 11 is 0. The predicted octanol–water partition coefficient (Wildman–Crippen LogP) is 4.63. The van der Waals surface area contributed by atoms with Crippen LogP contribution in [0.4, 0.5) is 10.6 Å². The molecule has 2 amide bonds. The number of aryl methyl sites for hydroxylation is 1. The average Bonchev–Trinajstić information content (AvgIpc) is 3.36. The summed E-state index contributed by atoms with van der Waals surface area (Å²) < 4.78 is 17.8. The molecule has 0 aliphatic rings. The summed E-state index contributed by atoms with van der Waals surface area (Å²) in [5, 5.41) is 2.63. The molecule has 0 aliphatic heterocycles. The minimum Gasteiger partial charge on any atom is -0.486 e. The van der Waals surface area contributed by atoms with Gasteiger partial charge in [-0.05, 0) is 54.4 Å². The van der Waals surface area contributed by atoms with E-state index >= 15 is 0 Å². The highest BCUT2D eigenvalue weighted by Crippen LogP contribution is 2.22. The molecule has 12 heteroatoms. The molecule has 232 valence electrons. The molecule has 0 saturated heterocycles. The Morgan fingerprint density at radius 2 is 1.86 bits per heavy atom. The van der Waals surface area contributed by atoms with Crippen LogP contribution in [-0.2, 0) is 27.9 Å². The molecule has 44 heavy (non-hydrogen) atoms. The highest BCUT2D eigenvalue weighted by atomic mass is 16.5. The lowest BCUT2D eigenvalue weighted by Crippen LogP contribution is -2.34. The molecule has 3 N–H and O–H groups in total. The lowest BCUT2D eigenvalue weighted by Gasteiger charge is -2.21. The number of fused-ring (bicyclic) bond motifs is 1.